The molecule has 1 aliphatic rings. The molecule has 1 fully saturated rings. The molecule has 0 saturated carbocycles. The second-order valence-corrected chi connectivity index (χ2v) is 7.38. The van der Waals surface area contributed by atoms with E-state index in [9.17, 15) is 4.79 Å². The SMILES string of the molecule is COc1ccc(-c2nc3ccccc3n2CC(=O)N2CCCCCC2)cc1OC. The molecule has 0 spiro atoms. The third-order valence-electron chi connectivity index (χ3n) is 5.55. The Kier molecular flexibility index (Phi) is 5.69. The van der Waals surface area contributed by atoms with Gasteiger partial charge in [-0.1, -0.05) is 25.0 Å². The lowest BCUT2D eigenvalue weighted by molar-refractivity contribution is -0.131. The molecular formula is C23H27N3O3. The molecule has 1 aromatic heterocycles. The van der Waals surface area contributed by atoms with Crippen LogP contribution in [0.5, 0.6) is 11.5 Å². The van der Waals surface area contributed by atoms with Crippen LogP contribution in [0.3, 0.4) is 0 Å². The molecule has 0 N–H and O–H groups in total. The highest BCUT2D eigenvalue weighted by molar-refractivity contribution is 5.85. The summed E-state index contributed by atoms with van der Waals surface area (Å²) in [5.74, 6) is 2.22. The van der Waals surface area contributed by atoms with Crippen molar-refractivity contribution in [3.63, 3.8) is 0 Å². The van der Waals surface area contributed by atoms with Crippen molar-refractivity contribution in [3.05, 3.63) is 42.5 Å². The molecule has 0 atom stereocenters. The molecule has 1 aliphatic heterocycles. The maximum absolute atomic E-state index is 13.1. The van der Waals surface area contributed by atoms with Gasteiger partial charge >= 0.3 is 0 Å². The number of ether oxygens (including phenoxy) is 2. The zero-order valence-corrected chi connectivity index (χ0v) is 17.1. The van der Waals surface area contributed by atoms with Gasteiger partial charge in [0.05, 0.1) is 25.3 Å². The third kappa shape index (κ3) is 3.92. The van der Waals surface area contributed by atoms with Gasteiger partial charge in [-0.3, -0.25) is 4.79 Å². The molecule has 6 heteroatoms. The average Bonchev–Trinajstić information content (AvgIpc) is 2.93. The molecule has 0 radical (unpaired) electrons. The number of amides is 1. The van der Waals surface area contributed by atoms with Crippen LogP contribution in [-0.4, -0.2) is 47.7 Å². The van der Waals surface area contributed by atoms with Gasteiger partial charge in [-0.25, -0.2) is 4.98 Å². The second-order valence-electron chi connectivity index (χ2n) is 7.38. The summed E-state index contributed by atoms with van der Waals surface area (Å²) in [5, 5.41) is 0. The summed E-state index contributed by atoms with van der Waals surface area (Å²) in [4.78, 5) is 19.9. The molecule has 6 nitrogen and oxygen atoms in total. The Morgan fingerprint density at radius 1 is 0.966 bits per heavy atom. The van der Waals surface area contributed by atoms with Crippen LogP contribution in [0.15, 0.2) is 42.5 Å². The summed E-state index contributed by atoms with van der Waals surface area (Å²) < 4.78 is 12.8. The van der Waals surface area contributed by atoms with Crippen LogP contribution in [0.25, 0.3) is 22.4 Å². The van der Waals surface area contributed by atoms with Gasteiger partial charge < -0.3 is 18.9 Å². The van der Waals surface area contributed by atoms with Crippen molar-refractivity contribution in [2.75, 3.05) is 27.3 Å². The lowest BCUT2D eigenvalue weighted by Crippen LogP contribution is -2.34. The van der Waals surface area contributed by atoms with Gasteiger partial charge in [0.2, 0.25) is 5.91 Å². The fraction of sp³-hybridized carbons (Fsp3) is 0.391. The molecule has 2 heterocycles. The van der Waals surface area contributed by atoms with Crippen LogP contribution in [0.1, 0.15) is 25.7 Å². The van der Waals surface area contributed by atoms with Crippen LogP contribution < -0.4 is 9.47 Å². The minimum atomic E-state index is 0.150. The minimum Gasteiger partial charge on any atom is -0.493 e. The van der Waals surface area contributed by atoms with Crippen molar-refractivity contribution in [3.8, 4) is 22.9 Å². The Labute approximate surface area is 171 Å². The summed E-state index contributed by atoms with van der Waals surface area (Å²) >= 11 is 0. The van der Waals surface area contributed by atoms with E-state index in [-0.39, 0.29) is 12.5 Å². The average molecular weight is 393 g/mol. The fourth-order valence-electron chi connectivity index (χ4n) is 3.99. The van der Waals surface area contributed by atoms with E-state index in [2.05, 4.69) is 0 Å². The number of likely N-dealkylation sites (tertiary alicyclic amines) is 1. The number of methoxy groups -OCH3 is 2. The van der Waals surface area contributed by atoms with Crippen LogP contribution in [0, 0.1) is 0 Å². The number of fused-ring (bicyclic) bond motifs is 1. The number of nitrogens with zero attached hydrogens (tertiary/aromatic N) is 3. The molecule has 0 aliphatic carbocycles. The molecule has 4 rings (SSSR count). The van der Waals surface area contributed by atoms with Crippen molar-refractivity contribution in [1.82, 2.24) is 14.5 Å². The van der Waals surface area contributed by atoms with Crippen LogP contribution in [-0.2, 0) is 11.3 Å². The highest BCUT2D eigenvalue weighted by atomic mass is 16.5. The highest BCUT2D eigenvalue weighted by Crippen LogP contribution is 2.33. The van der Waals surface area contributed by atoms with E-state index in [0.717, 1.165) is 48.4 Å². The van der Waals surface area contributed by atoms with Gasteiger partial charge in [-0.2, -0.15) is 0 Å². The fourth-order valence-corrected chi connectivity index (χ4v) is 3.99. The normalized spacial score (nSPS) is 14.6. The number of carbonyl (C=O) groups excluding carboxylic acids is 1. The Morgan fingerprint density at radius 2 is 1.69 bits per heavy atom. The van der Waals surface area contributed by atoms with Crippen LogP contribution in [0.4, 0.5) is 0 Å². The Morgan fingerprint density at radius 3 is 2.41 bits per heavy atom. The first-order chi connectivity index (χ1) is 14.2. The van der Waals surface area contributed by atoms with Crippen LogP contribution >= 0.6 is 0 Å². The van der Waals surface area contributed by atoms with E-state index >= 15 is 0 Å². The van der Waals surface area contributed by atoms with E-state index < -0.39 is 0 Å². The van der Waals surface area contributed by atoms with E-state index in [1.807, 2.05) is 51.9 Å². The molecular weight excluding hydrogens is 366 g/mol. The highest BCUT2D eigenvalue weighted by Gasteiger charge is 2.20. The smallest absolute Gasteiger partial charge is 0.242 e. The van der Waals surface area contributed by atoms with Gasteiger partial charge in [0, 0.05) is 18.7 Å². The zero-order chi connectivity index (χ0) is 20.2. The van der Waals surface area contributed by atoms with Crippen LogP contribution in [0.2, 0.25) is 0 Å². The monoisotopic (exact) mass is 393 g/mol. The number of aromatic nitrogens is 2. The molecule has 1 amide bonds. The summed E-state index contributed by atoms with van der Waals surface area (Å²) in [6.45, 7) is 1.97. The van der Waals surface area contributed by atoms with E-state index in [0.29, 0.717) is 11.5 Å². The predicted octanol–water partition coefficient (Wildman–Crippen LogP) is 4.12. The molecule has 2 aromatic carbocycles. The van der Waals surface area contributed by atoms with Crippen molar-refractivity contribution >= 4 is 16.9 Å². The first-order valence-electron chi connectivity index (χ1n) is 10.2. The maximum atomic E-state index is 13.1. The quantitative estimate of drug-likeness (QED) is 0.654. The lowest BCUT2D eigenvalue weighted by Gasteiger charge is -2.21. The number of carbonyl (C=O) groups is 1. The number of hydrogen-bond acceptors (Lipinski definition) is 4. The van der Waals surface area contributed by atoms with Crippen molar-refractivity contribution in [2.24, 2.45) is 0 Å². The third-order valence-corrected chi connectivity index (χ3v) is 5.55. The Hall–Kier alpha value is -3.02. The topological polar surface area (TPSA) is 56.6 Å². The summed E-state index contributed by atoms with van der Waals surface area (Å²) in [6, 6.07) is 13.7. The molecule has 0 bridgehead atoms. The maximum Gasteiger partial charge on any atom is 0.242 e. The number of hydrogen-bond donors (Lipinski definition) is 0. The van der Waals surface area contributed by atoms with Gasteiger partial charge in [0.25, 0.3) is 0 Å². The molecule has 29 heavy (non-hydrogen) atoms. The Bertz CT molecular complexity index is 1000. The van der Waals surface area contributed by atoms with Gasteiger partial charge in [-0.15, -0.1) is 0 Å². The number of rotatable bonds is 5. The molecule has 1 saturated heterocycles. The summed E-state index contributed by atoms with van der Waals surface area (Å²) in [6.07, 6.45) is 4.57. The standard InChI is InChI=1S/C23H27N3O3/c1-28-20-12-11-17(15-21(20)29-2)23-24-18-9-5-6-10-19(18)26(23)16-22(27)25-13-7-3-4-8-14-25/h5-6,9-12,15H,3-4,7-8,13-14,16H2,1-2H3. The van der Waals surface area contributed by atoms with Crippen molar-refractivity contribution in [2.45, 2.75) is 32.2 Å². The summed E-state index contributed by atoms with van der Waals surface area (Å²) in [5.41, 5.74) is 2.73. The van der Waals surface area contributed by atoms with E-state index in [1.54, 1.807) is 14.2 Å². The first-order valence-corrected chi connectivity index (χ1v) is 10.2. The molecule has 3 aromatic rings. The largest absolute Gasteiger partial charge is 0.493 e. The number of imidazole rings is 1. The van der Waals surface area contributed by atoms with E-state index in [4.69, 9.17) is 14.5 Å². The second kappa shape index (κ2) is 8.55. The summed E-state index contributed by atoms with van der Waals surface area (Å²) in [7, 11) is 3.24. The first kappa shape index (κ1) is 19.3. The van der Waals surface area contributed by atoms with E-state index in [1.165, 1.54) is 12.8 Å². The van der Waals surface area contributed by atoms with Gasteiger partial charge in [0.15, 0.2) is 11.5 Å². The van der Waals surface area contributed by atoms with Gasteiger partial charge in [0.1, 0.15) is 12.4 Å². The lowest BCUT2D eigenvalue weighted by atomic mass is 10.2. The van der Waals surface area contributed by atoms with Crippen molar-refractivity contribution in [1.29, 1.82) is 0 Å². The number of benzene rings is 2. The molecule has 0 unspecified atom stereocenters. The number of para-hydroxylation sites is 2. The Balaban J connectivity index is 1.74. The zero-order valence-electron chi connectivity index (χ0n) is 17.1. The van der Waals surface area contributed by atoms with Gasteiger partial charge in [-0.05, 0) is 43.2 Å². The molecule has 152 valence electrons. The predicted molar refractivity (Wildman–Crippen MR) is 113 cm³/mol. The van der Waals surface area contributed by atoms with Crippen molar-refractivity contribution < 1.29 is 14.3 Å². The minimum absolute atomic E-state index is 0.150.